The van der Waals surface area contributed by atoms with Gasteiger partial charge in [0.05, 0.1) is 23.5 Å². The number of unbranched alkanes of at least 4 members (excludes halogenated alkanes) is 2. The van der Waals surface area contributed by atoms with Gasteiger partial charge in [-0.15, -0.1) is 0 Å². The van der Waals surface area contributed by atoms with Crippen LogP contribution in [0.25, 0.3) is 0 Å². The number of amides is 1. The molecular formula is C25H38N2O9. The number of carboxylic acids is 1. The maximum Gasteiger partial charge on any atom is 0.309 e. The molecule has 1 aromatic rings. The van der Waals surface area contributed by atoms with Crippen LogP contribution in [0, 0.1) is 11.8 Å². The van der Waals surface area contributed by atoms with Crippen LogP contribution in [-0.2, 0) is 20.9 Å². The third-order valence-electron chi connectivity index (χ3n) is 6.10. The predicted molar refractivity (Wildman–Crippen MR) is 129 cm³/mol. The maximum atomic E-state index is 13.0. The Balaban J connectivity index is 2.21. The molecule has 0 unspecified atom stereocenters. The van der Waals surface area contributed by atoms with E-state index in [2.05, 4.69) is 10.6 Å². The minimum atomic E-state index is -1.73. The van der Waals surface area contributed by atoms with E-state index in [-0.39, 0.29) is 36.2 Å². The zero-order valence-electron chi connectivity index (χ0n) is 21.0. The fourth-order valence-corrected chi connectivity index (χ4v) is 3.89. The minimum Gasteiger partial charge on any atom is -0.487 e. The summed E-state index contributed by atoms with van der Waals surface area (Å²) in [6.07, 6.45) is -3.74. The summed E-state index contributed by atoms with van der Waals surface area (Å²) < 4.78 is 11.1. The van der Waals surface area contributed by atoms with Gasteiger partial charge in [-0.05, 0) is 44.1 Å². The number of ether oxygens (including phenoxy) is 2. The van der Waals surface area contributed by atoms with Crippen molar-refractivity contribution in [3.8, 4) is 5.75 Å². The third kappa shape index (κ3) is 8.16. The van der Waals surface area contributed by atoms with Crippen LogP contribution in [0.4, 0.5) is 0 Å². The smallest absolute Gasteiger partial charge is 0.309 e. The van der Waals surface area contributed by atoms with E-state index >= 15 is 0 Å². The lowest BCUT2D eigenvalue weighted by Crippen LogP contribution is -2.57. The Bertz CT molecular complexity index is 892. The van der Waals surface area contributed by atoms with Gasteiger partial charge in [-0.2, -0.15) is 0 Å². The summed E-state index contributed by atoms with van der Waals surface area (Å²) in [5.74, 6) is -3.76. The Labute approximate surface area is 210 Å². The average Bonchev–Trinajstić information content (AvgIpc) is 2.84. The number of benzene rings is 1. The van der Waals surface area contributed by atoms with Crippen molar-refractivity contribution in [2.24, 2.45) is 11.8 Å². The van der Waals surface area contributed by atoms with Crippen LogP contribution >= 0.6 is 0 Å². The van der Waals surface area contributed by atoms with E-state index in [1.807, 2.05) is 7.05 Å². The van der Waals surface area contributed by atoms with Gasteiger partial charge in [0, 0.05) is 13.0 Å². The van der Waals surface area contributed by atoms with Crippen LogP contribution in [0.2, 0.25) is 0 Å². The molecule has 1 aromatic carbocycles. The molecule has 5 atom stereocenters. The highest BCUT2D eigenvalue weighted by Gasteiger charge is 2.47. The standard InChI is InChI=1S/C25H38N2O9/c1-14(2)25(34)35-13-15-7-8-18(16(11-15)23(31)27-10-6-4-5-9-26-3)36-19-12-17(24(32)33)20(28)22(30)21(19)29/h7-8,11,14,17,19-22,26,28-30H,4-6,9-10,12-13H2,1-3H3,(H,27,31)(H,32,33)/t17-,19-,20+,21-,22-/m0/s1. The Kier molecular flexibility index (Phi) is 11.6. The summed E-state index contributed by atoms with van der Waals surface area (Å²) in [5.41, 5.74) is 0.654. The molecule has 2 rings (SSSR count). The number of aliphatic hydroxyl groups excluding tert-OH is 3. The van der Waals surface area contributed by atoms with Crippen molar-refractivity contribution < 1.29 is 44.3 Å². The van der Waals surface area contributed by atoms with E-state index in [4.69, 9.17) is 9.47 Å². The molecule has 1 aliphatic carbocycles. The molecule has 0 saturated heterocycles. The van der Waals surface area contributed by atoms with Gasteiger partial charge in [0.2, 0.25) is 0 Å². The molecule has 11 heteroatoms. The van der Waals surface area contributed by atoms with E-state index in [1.165, 1.54) is 12.1 Å². The van der Waals surface area contributed by atoms with Crippen molar-refractivity contribution in [1.29, 1.82) is 0 Å². The van der Waals surface area contributed by atoms with E-state index in [0.717, 1.165) is 25.8 Å². The second-order valence-electron chi connectivity index (χ2n) is 9.32. The number of nitrogens with one attached hydrogen (secondary N) is 2. The van der Waals surface area contributed by atoms with Crippen molar-refractivity contribution in [2.75, 3.05) is 20.1 Å². The fraction of sp³-hybridized carbons (Fsp3) is 0.640. The Morgan fingerprint density at radius 1 is 1.03 bits per heavy atom. The second-order valence-corrected chi connectivity index (χ2v) is 9.32. The highest BCUT2D eigenvalue weighted by Crippen LogP contribution is 2.31. The van der Waals surface area contributed by atoms with Crippen molar-refractivity contribution in [3.05, 3.63) is 29.3 Å². The van der Waals surface area contributed by atoms with Gasteiger partial charge in [0.15, 0.2) is 0 Å². The topological polar surface area (TPSA) is 175 Å². The van der Waals surface area contributed by atoms with Crippen molar-refractivity contribution in [2.45, 2.75) is 70.6 Å². The number of hydrogen-bond donors (Lipinski definition) is 6. The molecule has 0 heterocycles. The van der Waals surface area contributed by atoms with Gasteiger partial charge < -0.3 is 40.5 Å². The first kappa shape index (κ1) is 29.5. The first-order chi connectivity index (χ1) is 17.1. The minimum absolute atomic E-state index is 0.0559. The molecule has 1 amide bonds. The van der Waals surface area contributed by atoms with E-state index in [9.17, 15) is 34.8 Å². The van der Waals surface area contributed by atoms with Crippen LogP contribution in [-0.4, -0.2) is 82.8 Å². The molecule has 0 bridgehead atoms. The van der Waals surface area contributed by atoms with Gasteiger partial charge in [0.25, 0.3) is 5.91 Å². The molecule has 6 N–H and O–H groups in total. The monoisotopic (exact) mass is 510 g/mol. The van der Waals surface area contributed by atoms with Gasteiger partial charge >= 0.3 is 11.9 Å². The van der Waals surface area contributed by atoms with E-state index in [0.29, 0.717) is 12.1 Å². The number of aliphatic hydroxyl groups is 3. The van der Waals surface area contributed by atoms with Gasteiger partial charge in [0.1, 0.15) is 30.7 Å². The normalized spacial score (nSPS) is 23.8. The lowest BCUT2D eigenvalue weighted by atomic mass is 9.80. The first-order valence-electron chi connectivity index (χ1n) is 12.2. The summed E-state index contributed by atoms with van der Waals surface area (Å²) >= 11 is 0. The van der Waals surface area contributed by atoms with Crippen molar-refractivity contribution >= 4 is 17.8 Å². The van der Waals surface area contributed by atoms with Crippen LogP contribution in [0.3, 0.4) is 0 Å². The van der Waals surface area contributed by atoms with Crippen molar-refractivity contribution in [3.63, 3.8) is 0 Å². The summed E-state index contributed by atoms with van der Waals surface area (Å²) in [6.45, 7) is 4.66. The molecule has 1 fully saturated rings. The van der Waals surface area contributed by atoms with Crippen LogP contribution < -0.4 is 15.4 Å². The number of esters is 1. The van der Waals surface area contributed by atoms with Gasteiger partial charge in [-0.3, -0.25) is 14.4 Å². The molecule has 36 heavy (non-hydrogen) atoms. The SMILES string of the molecule is CNCCCCCNC(=O)c1cc(COC(=O)C(C)C)ccc1O[C@H]1C[C@H](C(=O)O)[C@@H](O)[C@H](O)[C@H]1O. The number of carbonyl (C=O) groups excluding carboxylic acids is 2. The summed E-state index contributed by atoms with van der Waals surface area (Å²) in [5, 5.41) is 45.8. The molecular weight excluding hydrogens is 472 g/mol. The number of rotatable bonds is 13. The summed E-state index contributed by atoms with van der Waals surface area (Å²) in [6, 6.07) is 4.57. The zero-order chi connectivity index (χ0) is 26.8. The molecule has 11 nitrogen and oxygen atoms in total. The lowest BCUT2D eigenvalue weighted by molar-refractivity contribution is -0.174. The van der Waals surface area contributed by atoms with Crippen LogP contribution in [0.1, 0.15) is 55.5 Å². The summed E-state index contributed by atoms with van der Waals surface area (Å²) in [4.78, 5) is 36.4. The molecule has 0 aromatic heterocycles. The Morgan fingerprint density at radius 2 is 1.72 bits per heavy atom. The predicted octanol–water partition coefficient (Wildman–Crippen LogP) is 0.440. The third-order valence-corrected chi connectivity index (χ3v) is 6.10. The second kappa shape index (κ2) is 14.1. The van der Waals surface area contributed by atoms with Gasteiger partial charge in [-0.25, -0.2) is 0 Å². The molecule has 0 radical (unpaired) electrons. The number of carboxylic acid groups (broad SMARTS) is 1. The van der Waals surface area contributed by atoms with Crippen LogP contribution in [0.5, 0.6) is 5.75 Å². The molecule has 202 valence electrons. The van der Waals surface area contributed by atoms with Crippen LogP contribution in [0.15, 0.2) is 18.2 Å². The van der Waals surface area contributed by atoms with E-state index < -0.39 is 42.2 Å². The number of aliphatic carboxylic acids is 1. The fourth-order valence-electron chi connectivity index (χ4n) is 3.89. The number of hydrogen-bond acceptors (Lipinski definition) is 9. The highest BCUT2D eigenvalue weighted by molar-refractivity contribution is 5.97. The summed E-state index contributed by atoms with van der Waals surface area (Å²) in [7, 11) is 1.87. The largest absolute Gasteiger partial charge is 0.487 e. The quantitative estimate of drug-likeness (QED) is 0.161. The number of carbonyl (C=O) groups is 3. The van der Waals surface area contributed by atoms with Crippen molar-refractivity contribution in [1.82, 2.24) is 10.6 Å². The molecule has 0 aliphatic heterocycles. The van der Waals surface area contributed by atoms with Gasteiger partial charge in [-0.1, -0.05) is 26.3 Å². The first-order valence-corrected chi connectivity index (χ1v) is 12.2. The molecule has 1 aliphatic rings. The molecule has 1 saturated carbocycles. The average molecular weight is 511 g/mol. The maximum absolute atomic E-state index is 13.0. The van der Waals surface area contributed by atoms with E-state index in [1.54, 1.807) is 19.9 Å². The zero-order valence-corrected chi connectivity index (χ0v) is 21.0. The highest BCUT2D eigenvalue weighted by atomic mass is 16.5. The Hall–Kier alpha value is -2.73. The Morgan fingerprint density at radius 3 is 2.36 bits per heavy atom. The molecule has 0 spiro atoms. The lowest BCUT2D eigenvalue weighted by Gasteiger charge is -2.38.